The summed E-state index contributed by atoms with van der Waals surface area (Å²) in [6, 6.07) is 3.46. The van der Waals surface area contributed by atoms with Gasteiger partial charge in [0.1, 0.15) is 0 Å². The quantitative estimate of drug-likeness (QED) is 0.877. The normalized spacial score (nSPS) is 25.8. The number of carbonyl (C=O) groups excluding carboxylic acids is 1. The summed E-state index contributed by atoms with van der Waals surface area (Å²) in [6.45, 7) is 4.15. The van der Waals surface area contributed by atoms with Gasteiger partial charge in [0.25, 0.3) is 0 Å². The fraction of sp³-hybridized carbons (Fsp3) is 0.600. The second-order valence-corrected chi connectivity index (χ2v) is 6.78. The highest BCUT2D eigenvalue weighted by atomic mass is 32.2. The molecule has 7 heteroatoms. The third-order valence-corrected chi connectivity index (χ3v) is 5.50. The van der Waals surface area contributed by atoms with Crippen molar-refractivity contribution < 1.29 is 9.53 Å². The van der Waals surface area contributed by atoms with Crippen molar-refractivity contribution in [2.45, 2.75) is 12.0 Å². The van der Waals surface area contributed by atoms with Gasteiger partial charge in [0.2, 0.25) is 0 Å². The molecule has 0 unspecified atom stereocenters. The van der Waals surface area contributed by atoms with Gasteiger partial charge in [-0.15, -0.1) is 0 Å². The number of morpholine rings is 1. The van der Waals surface area contributed by atoms with Crippen LogP contribution in [0.2, 0.25) is 0 Å². The van der Waals surface area contributed by atoms with Crippen molar-refractivity contribution in [3.63, 3.8) is 0 Å². The fourth-order valence-corrected chi connectivity index (χ4v) is 4.47. The van der Waals surface area contributed by atoms with Crippen LogP contribution >= 0.6 is 11.8 Å². The molecule has 0 spiro atoms. The molecule has 0 aliphatic carbocycles. The summed E-state index contributed by atoms with van der Waals surface area (Å²) in [7, 11) is 0. The molecule has 2 saturated heterocycles. The summed E-state index contributed by atoms with van der Waals surface area (Å²) in [5, 5.41) is 5.86. The number of rotatable bonds is 4. The molecule has 0 radical (unpaired) electrons. The maximum atomic E-state index is 12.1. The first-order valence-corrected chi connectivity index (χ1v) is 8.79. The molecule has 2 aliphatic rings. The van der Waals surface area contributed by atoms with E-state index < -0.39 is 0 Å². The van der Waals surface area contributed by atoms with Gasteiger partial charge in [-0.2, -0.15) is 11.8 Å². The second-order valence-electron chi connectivity index (χ2n) is 5.68. The van der Waals surface area contributed by atoms with Crippen LogP contribution in [0.25, 0.3) is 0 Å². The molecule has 0 aromatic carbocycles. The minimum atomic E-state index is -0.169. The van der Waals surface area contributed by atoms with Crippen molar-refractivity contribution >= 4 is 23.5 Å². The van der Waals surface area contributed by atoms with Gasteiger partial charge in [-0.05, 0) is 24.3 Å². The van der Waals surface area contributed by atoms with E-state index in [0.717, 1.165) is 44.2 Å². The Bertz CT molecular complexity index is 488. The minimum Gasteiger partial charge on any atom is -0.379 e. The van der Waals surface area contributed by atoms with E-state index in [0.29, 0.717) is 12.2 Å². The molecule has 0 saturated carbocycles. The number of hydrogen-bond acceptors (Lipinski definition) is 5. The smallest absolute Gasteiger partial charge is 0.319 e. The van der Waals surface area contributed by atoms with Gasteiger partial charge < -0.3 is 15.4 Å². The van der Waals surface area contributed by atoms with Crippen LogP contribution in [0.1, 0.15) is 6.42 Å². The summed E-state index contributed by atoms with van der Waals surface area (Å²) in [5.74, 6) is 2.23. The van der Waals surface area contributed by atoms with Crippen molar-refractivity contribution in [3.05, 3.63) is 24.5 Å². The first kappa shape index (κ1) is 15.6. The molecule has 2 aliphatic heterocycles. The van der Waals surface area contributed by atoms with Crippen LogP contribution in [-0.4, -0.2) is 65.8 Å². The van der Waals surface area contributed by atoms with Gasteiger partial charge in [0, 0.05) is 37.1 Å². The van der Waals surface area contributed by atoms with E-state index >= 15 is 0 Å². The van der Waals surface area contributed by atoms with Gasteiger partial charge in [0.05, 0.1) is 25.1 Å². The molecular weight excluding hydrogens is 300 g/mol. The zero-order valence-electron chi connectivity index (χ0n) is 12.6. The minimum absolute atomic E-state index is 0.0702. The highest BCUT2D eigenvalue weighted by molar-refractivity contribution is 7.99. The van der Waals surface area contributed by atoms with Crippen molar-refractivity contribution in [2.24, 2.45) is 0 Å². The predicted octanol–water partition coefficient (Wildman–Crippen LogP) is 1.41. The number of thioether (sulfide) groups is 1. The number of pyridine rings is 1. The molecule has 22 heavy (non-hydrogen) atoms. The summed E-state index contributed by atoms with van der Waals surface area (Å²) in [4.78, 5) is 18.6. The Balaban J connectivity index is 1.56. The van der Waals surface area contributed by atoms with Gasteiger partial charge in [-0.25, -0.2) is 4.79 Å². The third-order valence-electron chi connectivity index (χ3n) is 4.26. The molecule has 1 aromatic heterocycles. The highest BCUT2D eigenvalue weighted by Gasteiger charge is 2.40. The highest BCUT2D eigenvalue weighted by Crippen LogP contribution is 2.33. The second kappa shape index (κ2) is 7.30. The Morgan fingerprint density at radius 1 is 1.45 bits per heavy atom. The summed E-state index contributed by atoms with van der Waals surface area (Å²) in [5.41, 5.74) is 0.780. The molecule has 2 N–H and O–H groups in total. The van der Waals surface area contributed by atoms with Crippen molar-refractivity contribution in [1.29, 1.82) is 0 Å². The standard InChI is InChI=1S/C15H22N4O2S/c20-14(18-13-2-1-4-16-10-13)17-11-15(3-9-22-12-15)19-5-7-21-8-6-19/h1-2,4,10H,3,5-9,11-12H2,(H2,17,18,20)/t15-/m0/s1. The van der Waals surface area contributed by atoms with E-state index in [1.165, 1.54) is 0 Å². The van der Waals surface area contributed by atoms with Crippen LogP contribution in [0.4, 0.5) is 10.5 Å². The fourth-order valence-electron chi connectivity index (χ4n) is 2.99. The van der Waals surface area contributed by atoms with Crippen LogP contribution < -0.4 is 10.6 Å². The van der Waals surface area contributed by atoms with Crippen LogP contribution in [0, 0.1) is 0 Å². The average molecular weight is 322 g/mol. The Hall–Kier alpha value is -1.31. The number of carbonyl (C=O) groups is 1. The SMILES string of the molecule is O=C(NC[C@@]1(N2CCOCC2)CCSC1)Nc1cccnc1. The van der Waals surface area contributed by atoms with Crippen LogP contribution in [0.5, 0.6) is 0 Å². The zero-order valence-corrected chi connectivity index (χ0v) is 13.4. The van der Waals surface area contributed by atoms with Crippen LogP contribution in [0.3, 0.4) is 0 Å². The molecule has 3 heterocycles. The number of anilines is 1. The van der Waals surface area contributed by atoms with Gasteiger partial charge in [-0.3, -0.25) is 9.88 Å². The largest absolute Gasteiger partial charge is 0.379 e. The number of nitrogens with one attached hydrogen (secondary N) is 2. The molecule has 2 amide bonds. The summed E-state index contributed by atoms with van der Waals surface area (Å²) < 4.78 is 5.45. The number of hydrogen-bond donors (Lipinski definition) is 2. The van der Waals surface area contributed by atoms with E-state index in [4.69, 9.17) is 4.74 Å². The van der Waals surface area contributed by atoms with E-state index in [1.807, 2.05) is 17.8 Å². The summed E-state index contributed by atoms with van der Waals surface area (Å²) in [6.07, 6.45) is 4.44. The lowest BCUT2D eigenvalue weighted by Crippen LogP contribution is -2.59. The van der Waals surface area contributed by atoms with Crippen molar-refractivity contribution in [1.82, 2.24) is 15.2 Å². The number of aromatic nitrogens is 1. The van der Waals surface area contributed by atoms with Crippen molar-refractivity contribution in [2.75, 3.05) is 49.7 Å². The van der Waals surface area contributed by atoms with E-state index in [-0.39, 0.29) is 11.6 Å². The number of nitrogens with zero attached hydrogens (tertiary/aromatic N) is 2. The topological polar surface area (TPSA) is 66.5 Å². The third kappa shape index (κ3) is 3.71. The molecule has 1 atom stereocenters. The number of amides is 2. The molecule has 2 fully saturated rings. The average Bonchev–Trinajstić information content (AvgIpc) is 3.05. The van der Waals surface area contributed by atoms with Gasteiger partial charge in [0.15, 0.2) is 0 Å². The van der Waals surface area contributed by atoms with Crippen LogP contribution in [0.15, 0.2) is 24.5 Å². The van der Waals surface area contributed by atoms with Crippen molar-refractivity contribution in [3.8, 4) is 0 Å². The molecule has 3 rings (SSSR count). The van der Waals surface area contributed by atoms with E-state index in [2.05, 4.69) is 20.5 Å². The molecule has 0 bridgehead atoms. The summed E-state index contributed by atoms with van der Waals surface area (Å²) >= 11 is 1.97. The maximum absolute atomic E-state index is 12.1. The van der Waals surface area contributed by atoms with E-state index in [9.17, 15) is 4.79 Å². The lowest BCUT2D eigenvalue weighted by atomic mass is 9.95. The molecular formula is C15H22N4O2S. The number of urea groups is 1. The first-order valence-electron chi connectivity index (χ1n) is 7.64. The van der Waals surface area contributed by atoms with E-state index in [1.54, 1.807) is 18.5 Å². The molecule has 1 aromatic rings. The Morgan fingerprint density at radius 2 is 2.32 bits per heavy atom. The maximum Gasteiger partial charge on any atom is 0.319 e. The lowest BCUT2D eigenvalue weighted by molar-refractivity contribution is -0.0123. The van der Waals surface area contributed by atoms with Gasteiger partial charge in [-0.1, -0.05) is 0 Å². The molecule has 120 valence electrons. The zero-order chi connectivity index (χ0) is 15.3. The predicted molar refractivity (Wildman–Crippen MR) is 88.3 cm³/mol. The lowest BCUT2D eigenvalue weighted by Gasteiger charge is -2.43. The van der Waals surface area contributed by atoms with Crippen LogP contribution in [-0.2, 0) is 4.74 Å². The number of ether oxygens (including phenoxy) is 1. The Kier molecular flexibility index (Phi) is 5.17. The monoisotopic (exact) mass is 322 g/mol. The van der Waals surface area contributed by atoms with Gasteiger partial charge >= 0.3 is 6.03 Å². The molecule has 6 nitrogen and oxygen atoms in total. The first-order chi connectivity index (χ1) is 10.8. The Morgan fingerprint density at radius 3 is 3.00 bits per heavy atom. The Labute approximate surface area is 135 Å².